The van der Waals surface area contributed by atoms with Gasteiger partial charge < -0.3 is 5.11 Å². The SMILES string of the molecule is C#Cc1ccnc(C(C)(C)O)c1. The molecule has 0 saturated carbocycles. The summed E-state index contributed by atoms with van der Waals surface area (Å²) >= 11 is 0. The summed E-state index contributed by atoms with van der Waals surface area (Å²) in [6.45, 7) is 3.35. The van der Waals surface area contributed by atoms with Gasteiger partial charge in [0.15, 0.2) is 0 Å². The molecule has 0 atom stereocenters. The molecule has 0 fully saturated rings. The molecule has 0 bridgehead atoms. The highest BCUT2D eigenvalue weighted by atomic mass is 16.3. The Labute approximate surface area is 72.3 Å². The van der Waals surface area contributed by atoms with Crippen molar-refractivity contribution < 1.29 is 5.11 Å². The summed E-state index contributed by atoms with van der Waals surface area (Å²) in [5, 5.41) is 9.58. The third-order valence-corrected chi connectivity index (χ3v) is 1.55. The third-order valence-electron chi connectivity index (χ3n) is 1.55. The molecular formula is C10H11NO. The number of hydrogen-bond acceptors (Lipinski definition) is 2. The second-order valence-corrected chi connectivity index (χ2v) is 3.13. The molecular weight excluding hydrogens is 150 g/mol. The molecule has 0 saturated heterocycles. The number of rotatable bonds is 1. The summed E-state index contributed by atoms with van der Waals surface area (Å²) in [7, 11) is 0. The van der Waals surface area contributed by atoms with Crippen molar-refractivity contribution in [1.82, 2.24) is 4.98 Å². The fourth-order valence-corrected chi connectivity index (χ4v) is 0.855. The predicted molar refractivity (Wildman–Crippen MR) is 47.4 cm³/mol. The minimum absolute atomic E-state index is 0.595. The molecule has 2 heteroatoms. The van der Waals surface area contributed by atoms with Crippen molar-refractivity contribution in [3.8, 4) is 12.3 Å². The van der Waals surface area contributed by atoms with Crippen molar-refractivity contribution in [1.29, 1.82) is 0 Å². The van der Waals surface area contributed by atoms with Crippen LogP contribution in [0.2, 0.25) is 0 Å². The molecule has 0 unspecified atom stereocenters. The Kier molecular flexibility index (Phi) is 2.16. The number of terminal acetylenes is 1. The van der Waals surface area contributed by atoms with Crippen molar-refractivity contribution in [2.24, 2.45) is 0 Å². The Hall–Kier alpha value is -1.33. The molecule has 1 aromatic rings. The topological polar surface area (TPSA) is 33.1 Å². The second-order valence-electron chi connectivity index (χ2n) is 3.13. The summed E-state index contributed by atoms with van der Waals surface area (Å²) < 4.78 is 0. The van der Waals surface area contributed by atoms with Gasteiger partial charge in [0, 0.05) is 11.8 Å². The van der Waals surface area contributed by atoms with E-state index in [-0.39, 0.29) is 0 Å². The maximum atomic E-state index is 9.58. The van der Waals surface area contributed by atoms with Gasteiger partial charge in [-0.1, -0.05) is 5.92 Å². The molecule has 1 aromatic heterocycles. The third kappa shape index (κ3) is 1.84. The Morgan fingerprint density at radius 2 is 2.25 bits per heavy atom. The van der Waals surface area contributed by atoms with E-state index in [1.54, 1.807) is 32.2 Å². The van der Waals surface area contributed by atoms with Crippen LogP contribution in [0, 0.1) is 12.3 Å². The van der Waals surface area contributed by atoms with Gasteiger partial charge in [-0.3, -0.25) is 4.98 Å². The lowest BCUT2D eigenvalue weighted by Gasteiger charge is -2.15. The van der Waals surface area contributed by atoms with E-state index in [0.29, 0.717) is 5.69 Å². The van der Waals surface area contributed by atoms with Gasteiger partial charge in [0.2, 0.25) is 0 Å². The highest BCUT2D eigenvalue weighted by molar-refractivity contribution is 5.33. The molecule has 0 amide bonds. The summed E-state index contributed by atoms with van der Waals surface area (Å²) in [5.41, 5.74) is 0.410. The van der Waals surface area contributed by atoms with Crippen LogP contribution in [0.1, 0.15) is 25.1 Å². The monoisotopic (exact) mass is 161 g/mol. The average Bonchev–Trinajstić information content (AvgIpc) is 2.03. The predicted octanol–water partition coefficient (Wildman–Crippen LogP) is 1.29. The normalized spacial score (nSPS) is 10.8. The second kappa shape index (κ2) is 2.96. The molecule has 1 heterocycles. The molecule has 0 aliphatic rings. The zero-order valence-corrected chi connectivity index (χ0v) is 7.20. The van der Waals surface area contributed by atoms with Crippen molar-refractivity contribution in [3.63, 3.8) is 0 Å². The first kappa shape index (κ1) is 8.76. The number of pyridine rings is 1. The van der Waals surface area contributed by atoms with Gasteiger partial charge in [-0.25, -0.2) is 0 Å². The quantitative estimate of drug-likeness (QED) is 0.629. The maximum Gasteiger partial charge on any atom is 0.101 e. The molecule has 2 nitrogen and oxygen atoms in total. The minimum atomic E-state index is -0.924. The van der Waals surface area contributed by atoms with E-state index < -0.39 is 5.60 Å². The lowest BCUT2D eigenvalue weighted by atomic mass is 10.0. The van der Waals surface area contributed by atoms with Crippen LogP contribution < -0.4 is 0 Å². The van der Waals surface area contributed by atoms with E-state index in [9.17, 15) is 5.11 Å². The molecule has 0 spiro atoms. The van der Waals surface area contributed by atoms with Gasteiger partial charge in [0.25, 0.3) is 0 Å². The van der Waals surface area contributed by atoms with Gasteiger partial charge in [0.05, 0.1) is 5.69 Å². The molecule has 1 N–H and O–H groups in total. The summed E-state index contributed by atoms with van der Waals surface area (Å²) in [6.07, 6.45) is 6.80. The van der Waals surface area contributed by atoms with Crippen molar-refractivity contribution >= 4 is 0 Å². The van der Waals surface area contributed by atoms with Gasteiger partial charge in [-0.15, -0.1) is 6.42 Å². The van der Waals surface area contributed by atoms with E-state index in [1.165, 1.54) is 0 Å². The van der Waals surface area contributed by atoms with Gasteiger partial charge in [-0.05, 0) is 26.0 Å². The summed E-state index contributed by atoms with van der Waals surface area (Å²) in [5.74, 6) is 2.49. The highest BCUT2D eigenvalue weighted by Gasteiger charge is 2.17. The van der Waals surface area contributed by atoms with Gasteiger partial charge in [0.1, 0.15) is 5.60 Å². The van der Waals surface area contributed by atoms with Crippen LogP contribution in [-0.4, -0.2) is 10.1 Å². The van der Waals surface area contributed by atoms with Crippen molar-refractivity contribution in [3.05, 3.63) is 29.6 Å². The van der Waals surface area contributed by atoms with Crippen LogP contribution in [0.3, 0.4) is 0 Å². The Bertz CT molecular complexity index is 317. The van der Waals surface area contributed by atoms with Crippen LogP contribution in [0.4, 0.5) is 0 Å². The average molecular weight is 161 g/mol. The van der Waals surface area contributed by atoms with E-state index in [4.69, 9.17) is 6.42 Å². The molecule has 0 aliphatic carbocycles. The maximum absolute atomic E-state index is 9.58. The largest absolute Gasteiger partial charge is 0.384 e. The lowest BCUT2D eigenvalue weighted by molar-refractivity contribution is 0.0738. The van der Waals surface area contributed by atoms with Crippen LogP contribution in [-0.2, 0) is 5.60 Å². The lowest BCUT2D eigenvalue weighted by Crippen LogP contribution is -2.17. The zero-order valence-electron chi connectivity index (χ0n) is 7.20. The Morgan fingerprint density at radius 3 is 2.75 bits per heavy atom. The zero-order chi connectivity index (χ0) is 9.19. The number of hydrogen-bond donors (Lipinski definition) is 1. The first-order chi connectivity index (χ1) is 5.54. The molecule has 0 radical (unpaired) electrons. The van der Waals surface area contributed by atoms with Crippen molar-refractivity contribution in [2.45, 2.75) is 19.4 Å². The highest BCUT2D eigenvalue weighted by Crippen LogP contribution is 2.17. The van der Waals surface area contributed by atoms with E-state index in [0.717, 1.165) is 5.56 Å². The van der Waals surface area contributed by atoms with E-state index in [1.807, 2.05) is 0 Å². The van der Waals surface area contributed by atoms with Crippen LogP contribution in [0.15, 0.2) is 18.3 Å². The van der Waals surface area contributed by atoms with E-state index >= 15 is 0 Å². The van der Waals surface area contributed by atoms with Crippen LogP contribution >= 0.6 is 0 Å². The van der Waals surface area contributed by atoms with Crippen molar-refractivity contribution in [2.75, 3.05) is 0 Å². The van der Waals surface area contributed by atoms with Gasteiger partial charge in [-0.2, -0.15) is 0 Å². The smallest absolute Gasteiger partial charge is 0.101 e. The number of aromatic nitrogens is 1. The Morgan fingerprint density at radius 1 is 1.58 bits per heavy atom. The Balaban J connectivity index is 3.13. The molecule has 62 valence electrons. The minimum Gasteiger partial charge on any atom is -0.384 e. The first-order valence-electron chi connectivity index (χ1n) is 3.69. The van der Waals surface area contributed by atoms with Gasteiger partial charge >= 0.3 is 0 Å². The summed E-state index contributed by atoms with van der Waals surface area (Å²) in [4.78, 5) is 4.01. The fraction of sp³-hybridized carbons (Fsp3) is 0.300. The molecule has 0 aliphatic heterocycles. The molecule has 12 heavy (non-hydrogen) atoms. The molecule has 1 rings (SSSR count). The van der Waals surface area contributed by atoms with E-state index in [2.05, 4.69) is 10.9 Å². The van der Waals surface area contributed by atoms with Crippen LogP contribution in [0.5, 0.6) is 0 Å². The number of aliphatic hydroxyl groups is 1. The fourth-order valence-electron chi connectivity index (χ4n) is 0.855. The summed E-state index contributed by atoms with van der Waals surface area (Å²) in [6, 6.07) is 3.44. The first-order valence-corrected chi connectivity index (χ1v) is 3.69. The molecule has 0 aromatic carbocycles. The standard InChI is InChI=1S/C10H11NO/c1-4-8-5-6-11-9(7-8)10(2,3)12/h1,5-7,12H,2-3H3. The number of nitrogens with zero attached hydrogens (tertiary/aromatic N) is 1. The van der Waals surface area contributed by atoms with Crippen LogP contribution in [0.25, 0.3) is 0 Å².